The van der Waals surface area contributed by atoms with Gasteiger partial charge in [-0.3, -0.25) is 0 Å². The molecular formula is C13H17ClF3NO. The van der Waals surface area contributed by atoms with E-state index in [9.17, 15) is 18.3 Å². The number of aliphatic hydroxyl groups is 1. The lowest BCUT2D eigenvalue weighted by Gasteiger charge is -2.31. The minimum absolute atomic E-state index is 0.0962. The first-order valence-corrected chi connectivity index (χ1v) is 6.12. The van der Waals surface area contributed by atoms with E-state index < -0.39 is 29.3 Å². The highest BCUT2D eigenvalue weighted by molar-refractivity contribution is 6.31. The first-order valence-electron chi connectivity index (χ1n) is 5.75. The maximum atomic E-state index is 12.7. The molecule has 6 heteroatoms. The van der Waals surface area contributed by atoms with Gasteiger partial charge in [-0.1, -0.05) is 32.4 Å². The molecule has 0 saturated carbocycles. The van der Waals surface area contributed by atoms with Crippen LogP contribution < -0.4 is 5.73 Å². The van der Waals surface area contributed by atoms with Crippen LogP contribution >= 0.6 is 11.6 Å². The fraction of sp³-hybridized carbons (Fsp3) is 0.538. The monoisotopic (exact) mass is 295 g/mol. The summed E-state index contributed by atoms with van der Waals surface area (Å²) < 4.78 is 38.0. The largest absolute Gasteiger partial charge is 0.416 e. The van der Waals surface area contributed by atoms with Crippen molar-refractivity contribution in [1.29, 1.82) is 0 Å². The second-order valence-electron chi connectivity index (χ2n) is 5.57. The summed E-state index contributed by atoms with van der Waals surface area (Å²) in [6.45, 7) is 5.25. The van der Waals surface area contributed by atoms with Crippen LogP contribution in [-0.4, -0.2) is 11.2 Å². The van der Waals surface area contributed by atoms with Gasteiger partial charge in [0, 0.05) is 5.02 Å². The summed E-state index contributed by atoms with van der Waals surface area (Å²) in [6.07, 6.45) is -5.47. The summed E-state index contributed by atoms with van der Waals surface area (Å²) in [5, 5.41) is 10.2. The summed E-state index contributed by atoms with van der Waals surface area (Å²) in [6, 6.07) is 1.95. The van der Waals surface area contributed by atoms with Gasteiger partial charge in [0.1, 0.15) is 0 Å². The van der Waals surface area contributed by atoms with Crippen LogP contribution in [0.3, 0.4) is 0 Å². The number of benzene rings is 1. The van der Waals surface area contributed by atoms with E-state index in [0.717, 1.165) is 18.2 Å². The Morgan fingerprint density at radius 1 is 1.21 bits per heavy atom. The molecule has 0 bridgehead atoms. The smallest absolute Gasteiger partial charge is 0.391 e. The van der Waals surface area contributed by atoms with Crippen molar-refractivity contribution < 1.29 is 18.3 Å². The Morgan fingerprint density at radius 3 is 2.16 bits per heavy atom. The lowest BCUT2D eigenvalue weighted by Crippen LogP contribution is -2.37. The van der Waals surface area contributed by atoms with Crippen LogP contribution in [0.25, 0.3) is 0 Å². The Hall–Kier alpha value is -0.780. The van der Waals surface area contributed by atoms with E-state index in [1.165, 1.54) is 0 Å². The van der Waals surface area contributed by atoms with Gasteiger partial charge in [-0.25, -0.2) is 0 Å². The van der Waals surface area contributed by atoms with Gasteiger partial charge in [-0.05, 0) is 29.2 Å². The second kappa shape index (κ2) is 5.31. The van der Waals surface area contributed by atoms with Gasteiger partial charge in [0.05, 0.1) is 17.7 Å². The molecule has 0 heterocycles. The topological polar surface area (TPSA) is 46.2 Å². The number of alkyl halides is 3. The van der Waals surface area contributed by atoms with Crippen molar-refractivity contribution in [2.24, 2.45) is 11.1 Å². The summed E-state index contributed by atoms with van der Waals surface area (Å²) in [5.74, 6) is 0. The van der Waals surface area contributed by atoms with Crippen molar-refractivity contribution >= 4 is 11.6 Å². The third kappa shape index (κ3) is 3.84. The van der Waals surface area contributed by atoms with Crippen molar-refractivity contribution in [3.05, 3.63) is 34.3 Å². The molecule has 0 unspecified atom stereocenters. The summed E-state index contributed by atoms with van der Waals surface area (Å²) >= 11 is 5.88. The van der Waals surface area contributed by atoms with E-state index in [2.05, 4.69) is 0 Å². The Labute approximate surface area is 115 Å². The van der Waals surface area contributed by atoms with Crippen LogP contribution in [-0.2, 0) is 6.18 Å². The molecular weight excluding hydrogens is 279 g/mol. The fourth-order valence-electron chi connectivity index (χ4n) is 1.68. The lowest BCUT2D eigenvalue weighted by molar-refractivity contribution is -0.137. The van der Waals surface area contributed by atoms with Crippen LogP contribution in [0.15, 0.2) is 18.2 Å². The fourth-order valence-corrected chi connectivity index (χ4v) is 1.93. The van der Waals surface area contributed by atoms with Crippen LogP contribution in [0.4, 0.5) is 13.2 Å². The maximum Gasteiger partial charge on any atom is 0.416 e. The molecule has 19 heavy (non-hydrogen) atoms. The van der Waals surface area contributed by atoms with Gasteiger partial charge in [0.2, 0.25) is 0 Å². The lowest BCUT2D eigenvalue weighted by atomic mass is 9.82. The van der Waals surface area contributed by atoms with Crippen LogP contribution in [0.5, 0.6) is 0 Å². The molecule has 0 spiro atoms. The van der Waals surface area contributed by atoms with Crippen molar-refractivity contribution in [1.82, 2.24) is 0 Å². The van der Waals surface area contributed by atoms with Gasteiger partial charge in [0.25, 0.3) is 0 Å². The number of hydrogen-bond donors (Lipinski definition) is 2. The molecule has 108 valence electrons. The van der Waals surface area contributed by atoms with E-state index in [4.69, 9.17) is 17.3 Å². The van der Waals surface area contributed by atoms with Gasteiger partial charge in [-0.2, -0.15) is 13.2 Å². The van der Waals surface area contributed by atoms with E-state index >= 15 is 0 Å². The zero-order valence-electron chi connectivity index (χ0n) is 10.9. The van der Waals surface area contributed by atoms with Crippen LogP contribution in [0.1, 0.15) is 37.9 Å². The third-order valence-corrected chi connectivity index (χ3v) is 3.25. The van der Waals surface area contributed by atoms with Gasteiger partial charge in [-0.15, -0.1) is 0 Å². The first kappa shape index (κ1) is 16.3. The average Bonchev–Trinajstić information content (AvgIpc) is 2.25. The molecule has 2 nitrogen and oxygen atoms in total. The number of halogens is 4. The van der Waals surface area contributed by atoms with Gasteiger partial charge < -0.3 is 10.8 Å². The predicted molar refractivity (Wildman–Crippen MR) is 68.8 cm³/mol. The van der Waals surface area contributed by atoms with Gasteiger partial charge in [0.15, 0.2) is 0 Å². The highest BCUT2D eigenvalue weighted by atomic mass is 35.5. The molecule has 3 N–H and O–H groups in total. The number of rotatable bonds is 2. The molecule has 1 aromatic carbocycles. The molecule has 1 aromatic rings. The molecule has 0 aliphatic heterocycles. The van der Waals surface area contributed by atoms with Crippen molar-refractivity contribution in [3.8, 4) is 0 Å². The normalized spacial score (nSPS) is 16.3. The van der Waals surface area contributed by atoms with E-state index in [1.54, 1.807) is 20.8 Å². The highest BCUT2D eigenvalue weighted by Crippen LogP contribution is 2.36. The predicted octanol–water partition coefficient (Wildman–Crippen LogP) is 3.77. The number of nitrogens with two attached hydrogens (primary N) is 1. The van der Waals surface area contributed by atoms with E-state index in [1.807, 2.05) is 0 Å². The summed E-state index contributed by atoms with van der Waals surface area (Å²) in [5.41, 5.74) is 4.54. The minimum Gasteiger partial charge on any atom is -0.391 e. The number of aliphatic hydroxyl groups excluding tert-OH is 1. The highest BCUT2D eigenvalue weighted by Gasteiger charge is 2.34. The Balaban J connectivity index is 3.20. The van der Waals surface area contributed by atoms with Gasteiger partial charge >= 0.3 is 6.18 Å². The molecule has 0 fully saturated rings. The summed E-state index contributed by atoms with van der Waals surface area (Å²) in [4.78, 5) is 0. The molecule has 2 atom stereocenters. The molecule has 0 aliphatic carbocycles. The minimum atomic E-state index is -4.47. The van der Waals surface area contributed by atoms with Crippen LogP contribution in [0.2, 0.25) is 5.02 Å². The zero-order valence-corrected chi connectivity index (χ0v) is 11.7. The zero-order chi connectivity index (χ0) is 15.0. The molecule has 0 aromatic heterocycles. The SMILES string of the molecule is CC(C)(C)[C@H](O)[C@H](N)c1cc(C(F)(F)F)ccc1Cl. The second-order valence-corrected chi connectivity index (χ2v) is 5.98. The first-order chi connectivity index (χ1) is 8.44. The maximum absolute atomic E-state index is 12.7. The van der Waals surface area contributed by atoms with Crippen molar-refractivity contribution in [2.45, 2.75) is 39.1 Å². The molecule has 0 aliphatic rings. The molecule has 0 saturated heterocycles. The van der Waals surface area contributed by atoms with Crippen LogP contribution in [0, 0.1) is 5.41 Å². The van der Waals surface area contributed by atoms with Crippen molar-refractivity contribution in [2.75, 3.05) is 0 Å². The third-order valence-electron chi connectivity index (χ3n) is 2.91. The quantitative estimate of drug-likeness (QED) is 0.872. The molecule has 1 rings (SSSR count). The molecule has 0 amide bonds. The van der Waals surface area contributed by atoms with E-state index in [-0.39, 0.29) is 10.6 Å². The van der Waals surface area contributed by atoms with E-state index in [0.29, 0.717) is 0 Å². The van der Waals surface area contributed by atoms with Crippen molar-refractivity contribution in [3.63, 3.8) is 0 Å². The average molecular weight is 296 g/mol. The standard InChI is InChI=1S/C13H17ClF3NO/c1-12(2,3)11(19)10(18)8-6-7(13(15,16)17)4-5-9(8)14/h4-6,10-11,19H,18H2,1-3H3/t10-,11-/m1/s1. The number of hydrogen-bond acceptors (Lipinski definition) is 2. The summed E-state index contributed by atoms with van der Waals surface area (Å²) in [7, 11) is 0. The Kier molecular flexibility index (Phi) is 4.55. The Morgan fingerprint density at radius 2 is 1.74 bits per heavy atom. The Bertz CT molecular complexity index is 454. The molecule has 0 radical (unpaired) electrons.